The average molecular weight is 261 g/mol. The third-order valence-corrected chi connectivity index (χ3v) is 3.39. The van der Waals surface area contributed by atoms with Crippen LogP contribution < -0.4 is 5.43 Å². The summed E-state index contributed by atoms with van der Waals surface area (Å²) in [5, 5.41) is 3.37. The molecule has 0 radical (unpaired) electrons. The number of rotatable bonds is 3. The summed E-state index contributed by atoms with van der Waals surface area (Å²) in [6, 6.07) is 5.67. The zero-order chi connectivity index (χ0) is 11.4. The van der Waals surface area contributed by atoms with Gasteiger partial charge in [-0.1, -0.05) is 35.3 Å². The molecule has 16 heavy (non-hydrogen) atoms. The summed E-state index contributed by atoms with van der Waals surface area (Å²) in [5.41, 5.74) is 4.33. The van der Waals surface area contributed by atoms with Gasteiger partial charge < -0.3 is 4.74 Å². The second-order valence-electron chi connectivity index (χ2n) is 3.65. The van der Waals surface area contributed by atoms with Crippen LogP contribution in [0.5, 0.6) is 0 Å². The van der Waals surface area contributed by atoms with Crippen LogP contribution in [-0.2, 0) is 11.3 Å². The molecule has 1 N–H and O–H groups in total. The van der Waals surface area contributed by atoms with E-state index in [1.54, 1.807) is 6.07 Å². The Morgan fingerprint density at radius 1 is 1.25 bits per heavy atom. The molecular formula is C11H14Cl2N2O. The normalized spacial score (nSPS) is 17.6. The maximum Gasteiger partial charge on any atom is 0.0637 e. The maximum atomic E-state index is 6.10. The molecule has 1 saturated heterocycles. The van der Waals surface area contributed by atoms with Crippen molar-refractivity contribution in [3.8, 4) is 0 Å². The van der Waals surface area contributed by atoms with Gasteiger partial charge in [0.15, 0.2) is 0 Å². The van der Waals surface area contributed by atoms with Crippen molar-refractivity contribution in [3.63, 3.8) is 0 Å². The Balaban J connectivity index is 1.91. The highest BCUT2D eigenvalue weighted by molar-refractivity contribution is 6.42. The first-order valence-corrected chi connectivity index (χ1v) is 6.02. The van der Waals surface area contributed by atoms with Gasteiger partial charge in [0.1, 0.15) is 0 Å². The standard InChI is InChI=1S/C11H14Cl2N2O/c12-10-3-1-2-9(11(10)13)8-14-15-4-6-16-7-5-15/h1-3,14H,4-8H2. The SMILES string of the molecule is Clc1cccc(CNN2CCOCC2)c1Cl. The lowest BCUT2D eigenvalue weighted by molar-refractivity contribution is 0.0106. The molecule has 0 amide bonds. The quantitative estimate of drug-likeness (QED) is 0.903. The van der Waals surface area contributed by atoms with Crippen molar-refractivity contribution >= 4 is 23.2 Å². The molecule has 0 spiro atoms. The third kappa shape index (κ3) is 3.09. The molecule has 0 aromatic heterocycles. The maximum absolute atomic E-state index is 6.10. The number of hydrazine groups is 1. The second-order valence-corrected chi connectivity index (χ2v) is 4.43. The zero-order valence-electron chi connectivity index (χ0n) is 8.88. The highest BCUT2D eigenvalue weighted by atomic mass is 35.5. The lowest BCUT2D eigenvalue weighted by atomic mass is 10.2. The smallest absolute Gasteiger partial charge is 0.0637 e. The minimum atomic E-state index is 0.600. The van der Waals surface area contributed by atoms with Crippen molar-refractivity contribution in [2.45, 2.75) is 6.54 Å². The fourth-order valence-corrected chi connectivity index (χ4v) is 1.99. The van der Waals surface area contributed by atoms with Gasteiger partial charge in [-0.2, -0.15) is 0 Å². The summed E-state index contributed by atoms with van der Waals surface area (Å²) >= 11 is 12.0. The minimum Gasteiger partial charge on any atom is -0.379 e. The Morgan fingerprint density at radius 3 is 2.75 bits per heavy atom. The summed E-state index contributed by atoms with van der Waals surface area (Å²) in [6.45, 7) is 4.04. The van der Waals surface area contributed by atoms with E-state index < -0.39 is 0 Å². The number of nitrogens with zero attached hydrogens (tertiary/aromatic N) is 1. The van der Waals surface area contributed by atoms with Crippen LogP contribution >= 0.6 is 23.2 Å². The van der Waals surface area contributed by atoms with Gasteiger partial charge in [0.2, 0.25) is 0 Å². The molecule has 1 aliphatic heterocycles. The molecule has 88 valence electrons. The Bertz CT molecular complexity index is 354. The largest absolute Gasteiger partial charge is 0.379 e. The van der Waals surface area contributed by atoms with Crippen molar-refractivity contribution in [1.82, 2.24) is 10.4 Å². The van der Waals surface area contributed by atoms with Gasteiger partial charge in [-0.25, -0.2) is 5.01 Å². The molecule has 2 rings (SSSR count). The molecule has 0 aliphatic carbocycles. The summed E-state index contributed by atoms with van der Waals surface area (Å²) < 4.78 is 5.27. The predicted molar refractivity (Wildman–Crippen MR) is 65.7 cm³/mol. The molecule has 0 unspecified atom stereocenters. The van der Waals surface area contributed by atoms with Gasteiger partial charge in [0.05, 0.1) is 23.3 Å². The van der Waals surface area contributed by atoms with Crippen LogP contribution in [0.4, 0.5) is 0 Å². The Kier molecular flexibility index (Phi) is 4.44. The number of hydrogen-bond acceptors (Lipinski definition) is 3. The molecule has 5 heteroatoms. The van der Waals surface area contributed by atoms with E-state index in [1.165, 1.54) is 0 Å². The van der Waals surface area contributed by atoms with E-state index in [2.05, 4.69) is 10.4 Å². The van der Waals surface area contributed by atoms with Crippen molar-refractivity contribution in [2.75, 3.05) is 26.3 Å². The number of morpholine rings is 1. The van der Waals surface area contributed by atoms with Crippen LogP contribution in [-0.4, -0.2) is 31.3 Å². The van der Waals surface area contributed by atoms with Crippen LogP contribution in [0.2, 0.25) is 10.0 Å². The van der Waals surface area contributed by atoms with E-state index in [9.17, 15) is 0 Å². The highest BCUT2D eigenvalue weighted by Gasteiger charge is 2.10. The molecule has 0 bridgehead atoms. The molecule has 1 heterocycles. The fraction of sp³-hybridized carbons (Fsp3) is 0.455. The van der Waals surface area contributed by atoms with Crippen molar-refractivity contribution in [3.05, 3.63) is 33.8 Å². The molecule has 1 fully saturated rings. The van der Waals surface area contributed by atoms with Crippen LogP contribution in [0.25, 0.3) is 0 Å². The van der Waals surface area contributed by atoms with Gasteiger partial charge in [-0.3, -0.25) is 5.43 Å². The van der Waals surface area contributed by atoms with E-state index >= 15 is 0 Å². The molecule has 1 aromatic carbocycles. The van der Waals surface area contributed by atoms with Gasteiger partial charge in [0, 0.05) is 19.6 Å². The van der Waals surface area contributed by atoms with Crippen molar-refractivity contribution in [2.24, 2.45) is 0 Å². The van der Waals surface area contributed by atoms with Gasteiger partial charge in [-0.15, -0.1) is 0 Å². The number of hydrogen-bond donors (Lipinski definition) is 1. The molecular weight excluding hydrogens is 247 g/mol. The molecule has 1 aliphatic rings. The topological polar surface area (TPSA) is 24.5 Å². The monoisotopic (exact) mass is 260 g/mol. The second kappa shape index (κ2) is 5.84. The van der Waals surface area contributed by atoms with Crippen LogP contribution in [0.3, 0.4) is 0 Å². The summed E-state index contributed by atoms with van der Waals surface area (Å²) in [6.07, 6.45) is 0. The molecule has 3 nitrogen and oxygen atoms in total. The van der Waals surface area contributed by atoms with E-state index in [-0.39, 0.29) is 0 Å². The first-order chi connectivity index (χ1) is 7.77. The highest BCUT2D eigenvalue weighted by Crippen LogP contribution is 2.25. The first kappa shape index (κ1) is 12.1. The first-order valence-electron chi connectivity index (χ1n) is 5.26. The van der Waals surface area contributed by atoms with E-state index in [0.717, 1.165) is 31.9 Å². The Morgan fingerprint density at radius 2 is 2.00 bits per heavy atom. The lowest BCUT2D eigenvalue weighted by Gasteiger charge is -2.27. The average Bonchev–Trinajstić information content (AvgIpc) is 2.32. The van der Waals surface area contributed by atoms with E-state index in [4.69, 9.17) is 27.9 Å². The number of ether oxygens (including phenoxy) is 1. The predicted octanol–water partition coefficient (Wildman–Crippen LogP) is 2.33. The lowest BCUT2D eigenvalue weighted by Crippen LogP contribution is -2.45. The number of nitrogens with one attached hydrogen (secondary N) is 1. The summed E-state index contributed by atoms with van der Waals surface area (Å²) in [7, 11) is 0. The molecule has 0 saturated carbocycles. The Hall–Kier alpha value is -0.320. The summed E-state index contributed by atoms with van der Waals surface area (Å²) in [5.74, 6) is 0. The van der Waals surface area contributed by atoms with E-state index in [1.807, 2.05) is 12.1 Å². The minimum absolute atomic E-state index is 0.600. The van der Waals surface area contributed by atoms with Gasteiger partial charge >= 0.3 is 0 Å². The van der Waals surface area contributed by atoms with Gasteiger partial charge in [-0.05, 0) is 11.6 Å². The van der Waals surface area contributed by atoms with Crippen molar-refractivity contribution in [1.29, 1.82) is 0 Å². The number of benzene rings is 1. The zero-order valence-corrected chi connectivity index (χ0v) is 10.4. The summed E-state index contributed by atoms with van der Waals surface area (Å²) in [4.78, 5) is 0. The third-order valence-electron chi connectivity index (χ3n) is 2.54. The Labute approximate surface area is 105 Å². The molecule has 1 aromatic rings. The van der Waals surface area contributed by atoms with Crippen molar-refractivity contribution < 1.29 is 4.74 Å². The number of halogens is 2. The van der Waals surface area contributed by atoms with Crippen LogP contribution in [0, 0.1) is 0 Å². The van der Waals surface area contributed by atoms with Crippen LogP contribution in [0.1, 0.15) is 5.56 Å². The van der Waals surface area contributed by atoms with Gasteiger partial charge in [0.25, 0.3) is 0 Å². The fourth-order valence-electron chi connectivity index (χ4n) is 1.60. The van der Waals surface area contributed by atoms with E-state index in [0.29, 0.717) is 16.6 Å². The van der Waals surface area contributed by atoms with Crippen LogP contribution in [0.15, 0.2) is 18.2 Å². The molecule has 0 atom stereocenters.